The molecule has 1 aromatic rings. The second kappa shape index (κ2) is 6.40. The number of hydrogen-bond donors (Lipinski definition) is 1. The molecule has 0 saturated heterocycles. The Morgan fingerprint density at radius 3 is 2.83 bits per heavy atom. The van der Waals surface area contributed by atoms with Gasteiger partial charge < -0.3 is 5.32 Å². The van der Waals surface area contributed by atoms with E-state index in [0.29, 0.717) is 6.04 Å². The maximum Gasteiger partial charge on any atom is 0.0551 e. The fraction of sp³-hybridized carbons (Fsp3) is 0.600. The van der Waals surface area contributed by atoms with Crippen molar-refractivity contribution in [2.24, 2.45) is 11.8 Å². The largest absolute Gasteiger partial charge is 0.310 e. The summed E-state index contributed by atoms with van der Waals surface area (Å²) in [6.45, 7) is 5.65. The molecule has 0 bridgehead atoms. The first-order valence-corrected chi connectivity index (χ1v) is 7.92. The van der Waals surface area contributed by atoms with Gasteiger partial charge in [-0.3, -0.25) is 0 Å². The van der Waals surface area contributed by atoms with E-state index in [0.717, 1.165) is 27.9 Å². The van der Waals surface area contributed by atoms with Crippen LogP contribution in [0.2, 0.25) is 5.02 Å². The number of rotatable bonds is 3. The van der Waals surface area contributed by atoms with Gasteiger partial charge in [-0.05, 0) is 51.9 Å². The minimum atomic E-state index is 0.649. The lowest BCUT2D eigenvalue weighted by atomic mass is 9.78. The maximum atomic E-state index is 6.11. The van der Waals surface area contributed by atoms with Crippen LogP contribution in [0.1, 0.15) is 38.7 Å². The molecule has 3 atom stereocenters. The zero-order chi connectivity index (χ0) is 13.1. The predicted octanol–water partition coefficient (Wildman–Crippen LogP) is 5.02. The molecule has 0 aromatic heterocycles. The molecular weight excluding hydrogens is 310 g/mol. The van der Waals surface area contributed by atoms with Crippen LogP contribution in [0.4, 0.5) is 0 Å². The normalized spacial score (nSPS) is 28.3. The van der Waals surface area contributed by atoms with Gasteiger partial charge in [0.05, 0.1) is 5.02 Å². The van der Waals surface area contributed by atoms with Crippen molar-refractivity contribution in [1.82, 2.24) is 5.32 Å². The first-order valence-electron chi connectivity index (χ1n) is 6.75. The molecule has 18 heavy (non-hydrogen) atoms. The smallest absolute Gasteiger partial charge is 0.0551 e. The molecule has 1 aliphatic carbocycles. The number of hydrogen-bond acceptors (Lipinski definition) is 1. The van der Waals surface area contributed by atoms with Crippen LogP contribution < -0.4 is 5.32 Å². The fourth-order valence-electron chi connectivity index (χ4n) is 2.77. The summed E-state index contributed by atoms with van der Waals surface area (Å²) in [5, 5.41) is 4.48. The van der Waals surface area contributed by atoms with Crippen molar-refractivity contribution in [3.05, 3.63) is 33.3 Å². The molecule has 1 N–H and O–H groups in total. The number of nitrogens with one attached hydrogen (secondary N) is 1. The molecule has 0 amide bonds. The Hall–Kier alpha value is -0.0500. The zero-order valence-electron chi connectivity index (χ0n) is 11.0. The third kappa shape index (κ3) is 3.49. The summed E-state index contributed by atoms with van der Waals surface area (Å²) >= 11 is 9.53. The van der Waals surface area contributed by atoms with Crippen LogP contribution in [0.5, 0.6) is 0 Å². The van der Waals surface area contributed by atoms with Crippen molar-refractivity contribution in [3.8, 4) is 0 Å². The van der Waals surface area contributed by atoms with E-state index in [-0.39, 0.29) is 0 Å². The second-order valence-electron chi connectivity index (χ2n) is 5.50. The number of halogens is 2. The lowest BCUT2D eigenvalue weighted by Crippen LogP contribution is -2.40. The Morgan fingerprint density at radius 2 is 2.11 bits per heavy atom. The summed E-state index contributed by atoms with van der Waals surface area (Å²) in [5.41, 5.74) is 1.26. The van der Waals surface area contributed by atoms with Gasteiger partial charge in [-0.25, -0.2) is 0 Å². The van der Waals surface area contributed by atoms with Gasteiger partial charge in [0.2, 0.25) is 0 Å². The molecule has 0 aliphatic heterocycles. The van der Waals surface area contributed by atoms with Crippen molar-refractivity contribution in [2.75, 3.05) is 0 Å². The summed E-state index contributed by atoms with van der Waals surface area (Å²) in [7, 11) is 0. The molecule has 1 fully saturated rings. The van der Waals surface area contributed by atoms with Crippen molar-refractivity contribution >= 4 is 27.5 Å². The molecule has 1 aromatic carbocycles. The van der Waals surface area contributed by atoms with Gasteiger partial charge in [0.15, 0.2) is 0 Å². The van der Waals surface area contributed by atoms with E-state index in [9.17, 15) is 0 Å². The minimum absolute atomic E-state index is 0.649. The Morgan fingerprint density at radius 1 is 1.33 bits per heavy atom. The lowest BCUT2D eigenvalue weighted by Gasteiger charge is -2.34. The van der Waals surface area contributed by atoms with E-state index in [4.69, 9.17) is 11.6 Å². The van der Waals surface area contributed by atoms with Crippen LogP contribution >= 0.6 is 27.5 Å². The van der Waals surface area contributed by atoms with Crippen molar-refractivity contribution < 1.29 is 0 Å². The minimum Gasteiger partial charge on any atom is -0.310 e. The van der Waals surface area contributed by atoms with E-state index in [2.05, 4.69) is 41.2 Å². The molecule has 3 unspecified atom stereocenters. The first-order chi connectivity index (χ1) is 8.58. The van der Waals surface area contributed by atoms with Gasteiger partial charge in [0.25, 0.3) is 0 Å². The van der Waals surface area contributed by atoms with E-state index in [1.807, 2.05) is 12.1 Å². The summed E-state index contributed by atoms with van der Waals surface area (Å²) < 4.78 is 0.965. The highest BCUT2D eigenvalue weighted by Gasteiger charge is 2.26. The van der Waals surface area contributed by atoms with Gasteiger partial charge in [0.1, 0.15) is 0 Å². The molecule has 3 heteroatoms. The summed E-state index contributed by atoms with van der Waals surface area (Å²) in [5.74, 6) is 1.61. The predicted molar refractivity (Wildman–Crippen MR) is 82.0 cm³/mol. The number of benzene rings is 1. The van der Waals surface area contributed by atoms with Crippen LogP contribution in [0.3, 0.4) is 0 Å². The van der Waals surface area contributed by atoms with Gasteiger partial charge in [-0.2, -0.15) is 0 Å². The molecule has 1 nitrogen and oxygen atoms in total. The van der Waals surface area contributed by atoms with Crippen LogP contribution in [0.15, 0.2) is 22.7 Å². The van der Waals surface area contributed by atoms with E-state index >= 15 is 0 Å². The Kier molecular flexibility index (Phi) is 5.11. The highest BCUT2D eigenvalue weighted by molar-refractivity contribution is 9.10. The van der Waals surface area contributed by atoms with Gasteiger partial charge in [-0.15, -0.1) is 0 Å². The topological polar surface area (TPSA) is 12.0 Å². The van der Waals surface area contributed by atoms with Crippen LogP contribution in [-0.4, -0.2) is 6.04 Å². The standard InChI is InChI=1S/C15H21BrClN/c1-10-4-3-5-15(11(10)2)18-9-12-6-7-13(16)14(17)8-12/h6-8,10-11,15,18H,3-5,9H2,1-2H3. The Labute approximate surface area is 123 Å². The summed E-state index contributed by atoms with van der Waals surface area (Å²) in [4.78, 5) is 0. The highest BCUT2D eigenvalue weighted by atomic mass is 79.9. The van der Waals surface area contributed by atoms with Gasteiger partial charge in [0, 0.05) is 17.1 Å². The quantitative estimate of drug-likeness (QED) is 0.821. The average Bonchev–Trinajstić information content (AvgIpc) is 2.35. The molecule has 2 rings (SSSR count). The van der Waals surface area contributed by atoms with Gasteiger partial charge in [-0.1, -0.05) is 44.4 Å². The van der Waals surface area contributed by atoms with Gasteiger partial charge >= 0.3 is 0 Å². The van der Waals surface area contributed by atoms with Crippen molar-refractivity contribution in [1.29, 1.82) is 0 Å². The Balaban J connectivity index is 1.92. The maximum absolute atomic E-state index is 6.11. The summed E-state index contributed by atoms with van der Waals surface area (Å²) in [6.07, 6.45) is 4.03. The summed E-state index contributed by atoms with van der Waals surface area (Å²) in [6, 6.07) is 6.83. The van der Waals surface area contributed by atoms with E-state index in [1.54, 1.807) is 0 Å². The molecule has 1 saturated carbocycles. The SMILES string of the molecule is CC1CCCC(NCc2ccc(Br)c(Cl)c2)C1C. The Bertz CT molecular complexity index is 407. The fourth-order valence-corrected chi connectivity index (χ4v) is 3.22. The molecule has 0 radical (unpaired) electrons. The molecule has 100 valence electrons. The third-order valence-corrected chi connectivity index (χ3v) is 5.49. The van der Waals surface area contributed by atoms with Crippen LogP contribution in [0, 0.1) is 11.8 Å². The van der Waals surface area contributed by atoms with Crippen LogP contribution in [0.25, 0.3) is 0 Å². The van der Waals surface area contributed by atoms with Crippen molar-refractivity contribution in [2.45, 2.75) is 45.7 Å². The second-order valence-corrected chi connectivity index (χ2v) is 6.76. The van der Waals surface area contributed by atoms with Crippen LogP contribution in [-0.2, 0) is 6.54 Å². The molecule has 0 spiro atoms. The highest BCUT2D eigenvalue weighted by Crippen LogP contribution is 2.30. The van der Waals surface area contributed by atoms with E-state index < -0.39 is 0 Å². The lowest BCUT2D eigenvalue weighted by molar-refractivity contribution is 0.206. The van der Waals surface area contributed by atoms with E-state index in [1.165, 1.54) is 24.8 Å². The average molecular weight is 331 g/mol. The molecule has 0 heterocycles. The molecular formula is C15H21BrClN. The molecule has 1 aliphatic rings. The zero-order valence-corrected chi connectivity index (χ0v) is 13.4. The monoisotopic (exact) mass is 329 g/mol. The first kappa shape index (κ1) is 14.4. The third-order valence-electron chi connectivity index (χ3n) is 4.26. The van der Waals surface area contributed by atoms with Crippen molar-refractivity contribution in [3.63, 3.8) is 0 Å².